The topological polar surface area (TPSA) is 78.9 Å². The molecule has 6 nitrogen and oxygen atoms in total. The smallest absolute Gasteiger partial charge is 0.338 e. The van der Waals surface area contributed by atoms with E-state index in [4.69, 9.17) is 14.2 Å². The number of ether oxygens (including phenoxy) is 3. The van der Waals surface area contributed by atoms with Crippen LogP contribution in [0.4, 0.5) is 4.39 Å². The highest BCUT2D eigenvalue weighted by atomic mass is 19.1. The lowest BCUT2D eigenvalue weighted by Gasteiger charge is -2.09. The molecule has 2 aromatic rings. The van der Waals surface area contributed by atoms with E-state index in [1.54, 1.807) is 30.3 Å². The molecule has 0 aliphatic carbocycles. The van der Waals surface area contributed by atoms with Gasteiger partial charge in [0.25, 0.3) is 0 Å². The molecule has 0 fully saturated rings. The molecule has 0 unspecified atom stereocenters. The number of rotatable bonds is 9. The van der Waals surface area contributed by atoms with Crippen LogP contribution in [0.5, 0.6) is 11.5 Å². The van der Waals surface area contributed by atoms with Crippen LogP contribution < -0.4 is 9.47 Å². The highest BCUT2D eigenvalue weighted by Gasteiger charge is 2.13. The van der Waals surface area contributed by atoms with E-state index in [9.17, 15) is 18.8 Å². The summed E-state index contributed by atoms with van der Waals surface area (Å²) in [6.45, 7) is 13.5. The van der Waals surface area contributed by atoms with Gasteiger partial charge in [0.1, 0.15) is 5.75 Å². The van der Waals surface area contributed by atoms with E-state index in [0.29, 0.717) is 11.1 Å². The Morgan fingerprint density at radius 3 is 1.97 bits per heavy atom. The minimum Gasteiger partial charge on any atom is -0.462 e. The molecule has 7 heteroatoms. The molecule has 0 bridgehead atoms. The molecule has 0 heterocycles. The monoisotopic (exact) mass is 438 g/mol. The maximum atomic E-state index is 14.3. The van der Waals surface area contributed by atoms with Gasteiger partial charge in [-0.1, -0.05) is 37.9 Å². The Kier molecular flexibility index (Phi) is 8.24. The van der Waals surface area contributed by atoms with E-state index in [-0.39, 0.29) is 41.2 Å². The van der Waals surface area contributed by atoms with Crippen LogP contribution in [0.25, 0.3) is 11.1 Å². The van der Waals surface area contributed by atoms with Gasteiger partial charge in [0.15, 0.2) is 11.6 Å². The summed E-state index contributed by atoms with van der Waals surface area (Å²) in [5, 5.41) is 0. The Hall–Kier alpha value is -4.00. The van der Waals surface area contributed by atoms with Crippen LogP contribution in [0.1, 0.15) is 20.3 Å². The van der Waals surface area contributed by atoms with Crippen molar-refractivity contribution in [3.05, 3.63) is 84.7 Å². The molecule has 2 rings (SSSR count). The largest absolute Gasteiger partial charge is 0.462 e. The SMILES string of the molecule is C=C(C)C(=O)OCCC(=C)C(=O)Oc1ccc(-c2ccc(OC(=O)C(=C)C)c(F)c2)cc1. The van der Waals surface area contributed by atoms with E-state index in [1.165, 1.54) is 26.0 Å². The maximum absolute atomic E-state index is 14.3. The Bertz CT molecular complexity index is 1080. The fourth-order valence-electron chi connectivity index (χ4n) is 2.34. The molecule has 0 spiro atoms. The number of carbonyl (C=O) groups is 3. The Morgan fingerprint density at radius 2 is 1.41 bits per heavy atom. The van der Waals surface area contributed by atoms with Gasteiger partial charge in [-0.05, 0) is 49.2 Å². The third kappa shape index (κ3) is 6.77. The van der Waals surface area contributed by atoms with Crippen molar-refractivity contribution in [1.29, 1.82) is 0 Å². The maximum Gasteiger partial charge on any atom is 0.338 e. The van der Waals surface area contributed by atoms with E-state index in [1.807, 2.05) is 0 Å². The van der Waals surface area contributed by atoms with Crippen LogP contribution in [-0.4, -0.2) is 24.5 Å². The van der Waals surface area contributed by atoms with E-state index in [0.717, 1.165) is 0 Å². The van der Waals surface area contributed by atoms with Gasteiger partial charge in [0.2, 0.25) is 0 Å². The van der Waals surface area contributed by atoms with E-state index < -0.39 is 23.7 Å². The molecule has 166 valence electrons. The zero-order valence-corrected chi connectivity index (χ0v) is 17.9. The van der Waals surface area contributed by atoms with Crippen molar-refractivity contribution in [2.75, 3.05) is 6.61 Å². The highest BCUT2D eigenvalue weighted by Crippen LogP contribution is 2.27. The first-order valence-electron chi connectivity index (χ1n) is 9.58. The number of esters is 3. The molecule has 0 saturated carbocycles. The molecule has 2 aromatic carbocycles. The zero-order chi connectivity index (χ0) is 23.8. The number of hydrogen-bond acceptors (Lipinski definition) is 6. The zero-order valence-electron chi connectivity index (χ0n) is 17.9. The molecule has 0 N–H and O–H groups in total. The highest BCUT2D eigenvalue weighted by molar-refractivity contribution is 5.90. The van der Waals surface area contributed by atoms with Gasteiger partial charge in [-0.25, -0.2) is 18.8 Å². The number of hydrogen-bond donors (Lipinski definition) is 0. The summed E-state index contributed by atoms with van der Waals surface area (Å²) in [5.74, 6) is -2.53. The molecule has 0 saturated heterocycles. The average Bonchev–Trinajstić information content (AvgIpc) is 2.75. The van der Waals surface area contributed by atoms with Gasteiger partial charge in [0, 0.05) is 23.1 Å². The first kappa shape index (κ1) is 24.3. The first-order valence-corrected chi connectivity index (χ1v) is 9.58. The fourth-order valence-corrected chi connectivity index (χ4v) is 2.34. The third-order valence-corrected chi connectivity index (χ3v) is 4.16. The lowest BCUT2D eigenvalue weighted by Crippen LogP contribution is -2.13. The van der Waals surface area contributed by atoms with Gasteiger partial charge >= 0.3 is 17.9 Å². The second-order valence-electron chi connectivity index (χ2n) is 7.00. The number of benzene rings is 2. The summed E-state index contributed by atoms with van der Waals surface area (Å²) in [6.07, 6.45) is 0.123. The fraction of sp³-hybridized carbons (Fsp3) is 0.160. The van der Waals surface area contributed by atoms with Crippen molar-refractivity contribution < 1.29 is 33.0 Å². The Morgan fingerprint density at radius 1 is 0.812 bits per heavy atom. The van der Waals surface area contributed by atoms with E-state index >= 15 is 0 Å². The number of carbonyl (C=O) groups excluding carboxylic acids is 3. The summed E-state index contributed by atoms with van der Waals surface area (Å²) >= 11 is 0. The van der Waals surface area contributed by atoms with E-state index in [2.05, 4.69) is 19.7 Å². The minimum atomic E-state index is -0.710. The number of halogens is 1. The standard InChI is InChI=1S/C25H23FO6/c1-15(2)23(27)30-13-12-17(5)25(29)31-20-9-6-18(7-10-20)19-8-11-22(21(26)14-19)32-24(28)16(3)4/h6-11,14H,1,3,5,12-13H2,2,4H3. The van der Waals surface area contributed by atoms with Gasteiger partial charge < -0.3 is 14.2 Å². The Labute approximate surface area is 185 Å². The van der Waals surface area contributed by atoms with Crippen molar-refractivity contribution in [1.82, 2.24) is 0 Å². The molecule has 0 amide bonds. The summed E-state index contributed by atoms with van der Waals surface area (Å²) in [7, 11) is 0. The Balaban J connectivity index is 1.97. The van der Waals surface area contributed by atoms with Crippen LogP contribution in [0, 0.1) is 5.82 Å². The van der Waals surface area contributed by atoms with Gasteiger partial charge in [-0.3, -0.25) is 0 Å². The van der Waals surface area contributed by atoms with Gasteiger partial charge in [0.05, 0.1) is 6.61 Å². The molecule has 0 radical (unpaired) electrons. The van der Waals surface area contributed by atoms with Crippen LogP contribution in [0.3, 0.4) is 0 Å². The molecule has 0 atom stereocenters. The first-order chi connectivity index (χ1) is 15.1. The van der Waals surface area contributed by atoms with Crippen LogP contribution >= 0.6 is 0 Å². The summed E-state index contributed by atoms with van der Waals surface area (Å²) in [5.41, 5.74) is 1.77. The van der Waals surface area contributed by atoms with Crippen molar-refractivity contribution in [2.45, 2.75) is 20.3 Å². The quantitative estimate of drug-likeness (QED) is 0.313. The average molecular weight is 438 g/mol. The summed E-state index contributed by atoms with van der Waals surface area (Å²) in [4.78, 5) is 35.0. The molecule has 0 aliphatic rings. The molecular weight excluding hydrogens is 415 g/mol. The lowest BCUT2D eigenvalue weighted by molar-refractivity contribution is -0.139. The van der Waals surface area contributed by atoms with Crippen molar-refractivity contribution in [3.8, 4) is 22.6 Å². The summed E-state index contributed by atoms with van der Waals surface area (Å²) < 4.78 is 29.4. The van der Waals surface area contributed by atoms with Crippen molar-refractivity contribution >= 4 is 17.9 Å². The van der Waals surface area contributed by atoms with Gasteiger partial charge in [-0.2, -0.15) is 0 Å². The normalized spacial score (nSPS) is 10.1. The van der Waals surface area contributed by atoms with Crippen molar-refractivity contribution in [2.24, 2.45) is 0 Å². The summed E-state index contributed by atoms with van der Waals surface area (Å²) in [6, 6.07) is 10.6. The molecular formula is C25H23FO6. The third-order valence-electron chi connectivity index (χ3n) is 4.16. The molecule has 0 aliphatic heterocycles. The molecule has 32 heavy (non-hydrogen) atoms. The van der Waals surface area contributed by atoms with Crippen LogP contribution in [0.2, 0.25) is 0 Å². The van der Waals surface area contributed by atoms with Crippen LogP contribution in [0.15, 0.2) is 78.9 Å². The van der Waals surface area contributed by atoms with Crippen LogP contribution in [-0.2, 0) is 19.1 Å². The predicted octanol–water partition coefficient (Wildman–Crippen LogP) is 4.95. The minimum absolute atomic E-state index is 0.0121. The molecule has 0 aromatic heterocycles. The predicted molar refractivity (Wildman–Crippen MR) is 117 cm³/mol. The van der Waals surface area contributed by atoms with Gasteiger partial charge in [-0.15, -0.1) is 0 Å². The second kappa shape index (κ2) is 10.9. The second-order valence-corrected chi connectivity index (χ2v) is 7.00. The lowest BCUT2D eigenvalue weighted by atomic mass is 10.1. The van der Waals surface area contributed by atoms with Crippen molar-refractivity contribution in [3.63, 3.8) is 0 Å².